The Bertz CT molecular complexity index is 657. The smallest absolute Gasteiger partial charge is 0.471 e. The van der Waals surface area contributed by atoms with Crippen LogP contribution in [0.3, 0.4) is 0 Å². The summed E-state index contributed by atoms with van der Waals surface area (Å²) in [7, 11) is 1.48. The highest BCUT2D eigenvalue weighted by atomic mass is 19.4. The second-order valence-corrected chi connectivity index (χ2v) is 4.09. The van der Waals surface area contributed by atoms with Gasteiger partial charge in [0.25, 0.3) is 0 Å². The molecule has 8 heteroatoms. The second-order valence-electron chi connectivity index (χ2n) is 4.09. The van der Waals surface area contributed by atoms with Gasteiger partial charge in [-0.25, -0.2) is 4.98 Å². The summed E-state index contributed by atoms with van der Waals surface area (Å²) in [6, 6.07) is 9.41. The number of ether oxygens (including phenoxy) is 2. The van der Waals surface area contributed by atoms with Crippen LogP contribution < -0.4 is 14.8 Å². The van der Waals surface area contributed by atoms with Gasteiger partial charge in [0.1, 0.15) is 0 Å². The van der Waals surface area contributed by atoms with E-state index in [0.29, 0.717) is 11.5 Å². The molecule has 0 atom stereocenters. The van der Waals surface area contributed by atoms with Crippen molar-refractivity contribution in [3.05, 3.63) is 42.6 Å². The number of amides is 1. The summed E-state index contributed by atoms with van der Waals surface area (Å²) in [5.41, 5.74) is -0.0882. The van der Waals surface area contributed by atoms with Crippen LogP contribution in [-0.4, -0.2) is 24.2 Å². The van der Waals surface area contributed by atoms with Crippen LogP contribution in [0.25, 0.3) is 0 Å². The Kier molecular flexibility index (Phi) is 4.50. The molecule has 1 heterocycles. The highest BCUT2D eigenvalue weighted by molar-refractivity contribution is 5.94. The molecule has 0 aliphatic heterocycles. The maximum absolute atomic E-state index is 12.1. The minimum Gasteiger partial charge on any atom is -0.493 e. The van der Waals surface area contributed by atoms with Gasteiger partial charge in [-0.3, -0.25) is 4.79 Å². The standard InChI is InChI=1S/C14H11F3N2O3/c1-21-10-4-2-3-5-11(10)22-12-7-6-9(8-18-12)19-13(20)14(15,16)17/h2-8H,1H3,(H,19,20). The highest BCUT2D eigenvalue weighted by Crippen LogP contribution is 2.30. The Morgan fingerprint density at radius 2 is 1.82 bits per heavy atom. The maximum atomic E-state index is 12.1. The number of nitrogens with one attached hydrogen (secondary N) is 1. The van der Waals surface area contributed by atoms with E-state index in [0.717, 1.165) is 6.20 Å². The number of rotatable bonds is 4. The fourth-order valence-corrected chi connectivity index (χ4v) is 1.53. The van der Waals surface area contributed by atoms with Crippen LogP contribution in [0, 0.1) is 0 Å². The first-order chi connectivity index (χ1) is 10.4. The minimum atomic E-state index is -4.95. The molecular formula is C14H11F3N2O3. The van der Waals surface area contributed by atoms with E-state index in [9.17, 15) is 18.0 Å². The molecule has 0 fully saturated rings. The number of methoxy groups -OCH3 is 1. The first-order valence-electron chi connectivity index (χ1n) is 6.05. The number of halogens is 3. The lowest BCUT2D eigenvalue weighted by atomic mass is 10.3. The van der Waals surface area contributed by atoms with Crippen LogP contribution in [0.1, 0.15) is 0 Å². The van der Waals surface area contributed by atoms with Crippen molar-refractivity contribution in [3.8, 4) is 17.4 Å². The summed E-state index contributed by atoms with van der Waals surface area (Å²) < 4.78 is 46.9. The van der Waals surface area contributed by atoms with E-state index in [1.807, 2.05) is 0 Å². The van der Waals surface area contributed by atoms with Gasteiger partial charge in [0.05, 0.1) is 19.0 Å². The Balaban J connectivity index is 2.08. The molecule has 0 aliphatic carbocycles. The van der Waals surface area contributed by atoms with Crippen molar-refractivity contribution in [2.45, 2.75) is 6.18 Å². The summed E-state index contributed by atoms with van der Waals surface area (Å²) >= 11 is 0. The zero-order valence-electron chi connectivity index (χ0n) is 11.3. The molecule has 0 radical (unpaired) electrons. The van der Waals surface area contributed by atoms with Crippen LogP contribution in [-0.2, 0) is 4.79 Å². The SMILES string of the molecule is COc1ccccc1Oc1ccc(NC(=O)C(F)(F)F)cn1. The Labute approximate surface area is 123 Å². The zero-order chi connectivity index (χ0) is 16.2. The van der Waals surface area contributed by atoms with Crippen LogP contribution in [0.5, 0.6) is 17.4 Å². The molecule has 0 bridgehead atoms. The molecule has 2 rings (SSSR count). The molecule has 1 N–H and O–H groups in total. The Morgan fingerprint density at radius 1 is 1.14 bits per heavy atom. The monoisotopic (exact) mass is 312 g/mol. The summed E-state index contributed by atoms with van der Waals surface area (Å²) in [6.45, 7) is 0. The third-order valence-corrected chi connectivity index (χ3v) is 2.54. The molecule has 0 aliphatic rings. The third kappa shape index (κ3) is 3.87. The van der Waals surface area contributed by atoms with Gasteiger partial charge >= 0.3 is 12.1 Å². The molecule has 5 nitrogen and oxygen atoms in total. The molecule has 1 amide bonds. The van der Waals surface area contributed by atoms with Crippen molar-refractivity contribution in [3.63, 3.8) is 0 Å². The Morgan fingerprint density at radius 3 is 2.36 bits per heavy atom. The van der Waals surface area contributed by atoms with Crippen LogP contribution in [0.15, 0.2) is 42.6 Å². The number of pyridine rings is 1. The van der Waals surface area contributed by atoms with E-state index in [1.54, 1.807) is 29.6 Å². The van der Waals surface area contributed by atoms with E-state index < -0.39 is 12.1 Å². The van der Waals surface area contributed by atoms with Crippen molar-refractivity contribution in [1.82, 2.24) is 4.98 Å². The van der Waals surface area contributed by atoms with Gasteiger partial charge in [-0.1, -0.05) is 12.1 Å². The van der Waals surface area contributed by atoms with Crippen molar-refractivity contribution in [2.24, 2.45) is 0 Å². The molecular weight excluding hydrogens is 301 g/mol. The molecule has 1 aromatic carbocycles. The number of carbonyl (C=O) groups excluding carboxylic acids is 1. The van der Waals surface area contributed by atoms with Gasteiger partial charge in [0.15, 0.2) is 11.5 Å². The topological polar surface area (TPSA) is 60.5 Å². The first-order valence-corrected chi connectivity index (χ1v) is 6.05. The number of benzene rings is 1. The average molecular weight is 312 g/mol. The number of hydrogen-bond donors (Lipinski definition) is 1. The lowest BCUT2D eigenvalue weighted by Crippen LogP contribution is -2.29. The van der Waals surface area contributed by atoms with Crippen LogP contribution in [0.2, 0.25) is 0 Å². The lowest BCUT2D eigenvalue weighted by Gasteiger charge is -2.10. The summed E-state index contributed by atoms with van der Waals surface area (Å²) in [6.07, 6.45) is -3.89. The van der Waals surface area contributed by atoms with Crippen molar-refractivity contribution < 1.29 is 27.4 Å². The molecule has 0 saturated carbocycles. The molecule has 116 valence electrons. The molecule has 22 heavy (non-hydrogen) atoms. The number of nitrogens with zero attached hydrogens (tertiary/aromatic N) is 1. The van der Waals surface area contributed by atoms with E-state index in [2.05, 4.69) is 4.98 Å². The van der Waals surface area contributed by atoms with E-state index in [1.165, 1.54) is 19.2 Å². The zero-order valence-corrected chi connectivity index (χ0v) is 11.3. The van der Waals surface area contributed by atoms with Gasteiger partial charge < -0.3 is 14.8 Å². The fraction of sp³-hybridized carbons (Fsp3) is 0.143. The minimum absolute atomic E-state index is 0.0882. The lowest BCUT2D eigenvalue weighted by molar-refractivity contribution is -0.167. The molecule has 0 saturated heterocycles. The van der Waals surface area contributed by atoms with Crippen molar-refractivity contribution in [1.29, 1.82) is 0 Å². The Hall–Kier alpha value is -2.77. The molecule has 0 spiro atoms. The maximum Gasteiger partial charge on any atom is 0.471 e. The van der Waals surface area contributed by atoms with Gasteiger partial charge in [-0.15, -0.1) is 0 Å². The second kappa shape index (κ2) is 6.33. The van der Waals surface area contributed by atoms with Crippen LogP contribution in [0.4, 0.5) is 18.9 Å². The molecule has 1 aromatic heterocycles. The molecule has 2 aromatic rings. The van der Waals surface area contributed by atoms with E-state index >= 15 is 0 Å². The van der Waals surface area contributed by atoms with Crippen LogP contribution >= 0.6 is 0 Å². The number of hydrogen-bond acceptors (Lipinski definition) is 4. The fourth-order valence-electron chi connectivity index (χ4n) is 1.53. The number of aromatic nitrogens is 1. The number of alkyl halides is 3. The first kappa shape index (κ1) is 15.6. The predicted molar refractivity (Wildman–Crippen MR) is 72.0 cm³/mol. The van der Waals surface area contributed by atoms with E-state index in [-0.39, 0.29) is 11.6 Å². The number of anilines is 1. The van der Waals surface area contributed by atoms with Crippen molar-refractivity contribution in [2.75, 3.05) is 12.4 Å². The van der Waals surface area contributed by atoms with Gasteiger partial charge in [-0.2, -0.15) is 13.2 Å². The summed E-state index contributed by atoms with van der Waals surface area (Å²) in [5, 5.41) is 1.69. The summed E-state index contributed by atoms with van der Waals surface area (Å²) in [5.74, 6) is -1.02. The quantitative estimate of drug-likeness (QED) is 0.940. The third-order valence-electron chi connectivity index (χ3n) is 2.54. The number of carbonyl (C=O) groups is 1. The average Bonchev–Trinajstić information content (AvgIpc) is 2.49. The highest BCUT2D eigenvalue weighted by Gasteiger charge is 2.38. The van der Waals surface area contributed by atoms with Gasteiger partial charge in [0.2, 0.25) is 5.88 Å². The number of para-hydroxylation sites is 2. The van der Waals surface area contributed by atoms with Gasteiger partial charge in [0, 0.05) is 6.07 Å². The predicted octanol–water partition coefficient (Wildman–Crippen LogP) is 3.38. The largest absolute Gasteiger partial charge is 0.493 e. The summed E-state index contributed by atoms with van der Waals surface area (Å²) in [4.78, 5) is 14.6. The van der Waals surface area contributed by atoms with Gasteiger partial charge in [-0.05, 0) is 18.2 Å². The normalized spacial score (nSPS) is 10.9. The van der Waals surface area contributed by atoms with E-state index in [4.69, 9.17) is 9.47 Å². The van der Waals surface area contributed by atoms with Crippen molar-refractivity contribution >= 4 is 11.6 Å². The molecule has 0 unspecified atom stereocenters.